The zero-order valence-corrected chi connectivity index (χ0v) is 13.8. The van der Waals surface area contributed by atoms with Crippen molar-refractivity contribution >= 4 is 11.5 Å². The van der Waals surface area contributed by atoms with Crippen LogP contribution in [0.15, 0.2) is 67.1 Å². The molecule has 0 aliphatic rings. The van der Waals surface area contributed by atoms with Crippen molar-refractivity contribution in [2.75, 3.05) is 5.32 Å². The highest BCUT2D eigenvalue weighted by atomic mass is 16.3. The lowest BCUT2D eigenvalue weighted by atomic mass is 10.1. The van der Waals surface area contributed by atoms with Gasteiger partial charge < -0.3 is 10.4 Å². The molecular formula is C20H18N4O. The van der Waals surface area contributed by atoms with E-state index in [0.717, 1.165) is 22.7 Å². The third kappa shape index (κ3) is 3.04. The molecule has 2 aromatic carbocycles. The number of nitrogens with one attached hydrogen (secondary N) is 1. The minimum absolute atomic E-state index is 0.250. The van der Waals surface area contributed by atoms with Crippen molar-refractivity contribution in [1.82, 2.24) is 14.4 Å². The molecule has 2 N–H and O–H groups in total. The van der Waals surface area contributed by atoms with Crippen molar-refractivity contribution in [3.8, 4) is 17.0 Å². The maximum absolute atomic E-state index is 9.47. The number of fused-ring (bicyclic) bond motifs is 1. The maximum atomic E-state index is 9.47. The van der Waals surface area contributed by atoms with Gasteiger partial charge in [-0.2, -0.15) is 0 Å². The Morgan fingerprint density at radius 3 is 2.72 bits per heavy atom. The van der Waals surface area contributed by atoms with Gasteiger partial charge in [-0.1, -0.05) is 29.8 Å². The van der Waals surface area contributed by atoms with Crippen molar-refractivity contribution in [2.45, 2.75) is 13.5 Å². The molecule has 2 aromatic heterocycles. The lowest BCUT2D eigenvalue weighted by molar-refractivity contribution is 0.475. The number of phenolic OH excluding ortho intramolecular Hbond substituents is 1. The van der Waals surface area contributed by atoms with E-state index in [4.69, 9.17) is 0 Å². The molecule has 4 rings (SSSR count). The maximum Gasteiger partial charge on any atom is 0.180 e. The van der Waals surface area contributed by atoms with Crippen LogP contribution >= 0.6 is 0 Å². The van der Waals surface area contributed by atoms with Gasteiger partial charge in [0.05, 0.1) is 11.9 Å². The Kier molecular flexibility index (Phi) is 3.82. The average molecular weight is 330 g/mol. The topological polar surface area (TPSA) is 62.5 Å². The minimum atomic E-state index is 0.250. The summed E-state index contributed by atoms with van der Waals surface area (Å²) in [5.41, 5.74) is 5.16. The summed E-state index contributed by atoms with van der Waals surface area (Å²) in [6.45, 7) is 2.77. The molecule has 5 heteroatoms. The van der Waals surface area contributed by atoms with Gasteiger partial charge in [-0.3, -0.25) is 4.40 Å². The van der Waals surface area contributed by atoms with Crippen LogP contribution in [-0.4, -0.2) is 19.5 Å². The summed E-state index contributed by atoms with van der Waals surface area (Å²) in [5, 5.41) is 12.8. The van der Waals surface area contributed by atoms with Crippen LogP contribution in [0.1, 0.15) is 11.1 Å². The third-order valence-electron chi connectivity index (χ3n) is 4.13. The number of hydrogen-bond donors (Lipinski definition) is 2. The number of phenols is 1. The van der Waals surface area contributed by atoms with Crippen LogP contribution in [-0.2, 0) is 6.54 Å². The van der Waals surface area contributed by atoms with Gasteiger partial charge in [-0.05, 0) is 36.8 Å². The van der Waals surface area contributed by atoms with Gasteiger partial charge in [-0.15, -0.1) is 0 Å². The number of aromatic hydroxyl groups is 1. The van der Waals surface area contributed by atoms with Crippen molar-refractivity contribution in [3.63, 3.8) is 0 Å². The first kappa shape index (κ1) is 15.2. The SMILES string of the molecule is Cc1cccc(CNc2nccn3c(-c4ccc(O)cc4)cnc23)c1. The molecule has 5 nitrogen and oxygen atoms in total. The van der Waals surface area contributed by atoms with Crippen LogP contribution in [0.3, 0.4) is 0 Å². The number of benzene rings is 2. The summed E-state index contributed by atoms with van der Waals surface area (Å²) in [6, 6.07) is 15.5. The normalized spacial score (nSPS) is 10.9. The second-order valence-electron chi connectivity index (χ2n) is 6.00. The van der Waals surface area contributed by atoms with E-state index in [-0.39, 0.29) is 5.75 Å². The van der Waals surface area contributed by atoms with Crippen LogP contribution in [0.4, 0.5) is 5.82 Å². The highest BCUT2D eigenvalue weighted by Gasteiger charge is 2.10. The smallest absolute Gasteiger partial charge is 0.180 e. The van der Waals surface area contributed by atoms with Crippen molar-refractivity contribution in [2.24, 2.45) is 0 Å². The molecule has 0 amide bonds. The lowest BCUT2D eigenvalue weighted by Crippen LogP contribution is -2.04. The van der Waals surface area contributed by atoms with Crippen LogP contribution in [0.2, 0.25) is 0 Å². The number of nitrogens with zero attached hydrogens (tertiary/aromatic N) is 3. The number of hydrogen-bond acceptors (Lipinski definition) is 4. The molecule has 0 radical (unpaired) electrons. The second-order valence-corrected chi connectivity index (χ2v) is 6.00. The fourth-order valence-electron chi connectivity index (χ4n) is 2.90. The first-order valence-corrected chi connectivity index (χ1v) is 8.11. The molecule has 0 atom stereocenters. The van der Waals surface area contributed by atoms with E-state index in [1.54, 1.807) is 18.3 Å². The summed E-state index contributed by atoms with van der Waals surface area (Å²) in [5.74, 6) is 0.994. The number of rotatable bonds is 4. The molecular weight excluding hydrogens is 312 g/mol. The molecule has 0 saturated heterocycles. The molecule has 0 aliphatic carbocycles. The molecule has 0 unspecified atom stereocenters. The molecule has 0 saturated carbocycles. The van der Waals surface area contributed by atoms with Gasteiger partial charge in [0, 0.05) is 24.5 Å². The van der Waals surface area contributed by atoms with E-state index >= 15 is 0 Å². The Morgan fingerprint density at radius 1 is 1.08 bits per heavy atom. The largest absolute Gasteiger partial charge is 0.508 e. The monoisotopic (exact) mass is 330 g/mol. The first-order chi connectivity index (χ1) is 12.2. The summed E-state index contributed by atoms with van der Waals surface area (Å²) in [6.07, 6.45) is 5.47. The van der Waals surface area contributed by atoms with Gasteiger partial charge in [0.2, 0.25) is 0 Å². The summed E-state index contributed by atoms with van der Waals surface area (Å²) in [7, 11) is 0. The Hall–Kier alpha value is -3.34. The fraction of sp³-hybridized carbons (Fsp3) is 0.100. The van der Waals surface area contributed by atoms with Gasteiger partial charge >= 0.3 is 0 Å². The third-order valence-corrected chi connectivity index (χ3v) is 4.13. The highest BCUT2D eigenvalue weighted by molar-refractivity contribution is 5.70. The van der Waals surface area contributed by atoms with Gasteiger partial charge in [0.15, 0.2) is 11.5 Å². The quantitative estimate of drug-likeness (QED) is 0.593. The molecule has 2 heterocycles. The first-order valence-electron chi connectivity index (χ1n) is 8.11. The lowest BCUT2D eigenvalue weighted by Gasteiger charge is -2.08. The molecule has 0 spiro atoms. The van der Waals surface area contributed by atoms with Crippen molar-refractivity contribution < 1.29 is 5.11 Å². The second kappa shape index (κ2) is 6.28. The highest BCUT2D eigenvalue weighted by Crippen LogP contribution is 2.25. The van der Waals surface area contributed by atoms with Crippen LogP contribution < -0.4 is 5.32 Å². The van der Waals surface area contributed by atoms with Gasteiger partial charge in [0.25, 0.3) is 0 Å². The Balaban J connectivity index is 1.66. The molecule has 0 aliphatic heterocycles. The van der Waals surface area contributed by atoms with E-state index in [2.05, 4.69) is 46.5 Å². The standard InChI is InChI=1S/C20H18N4O/c1-14-3-2-4-15(11-14)12-22-19-20-23-13-18(24(20)10-9-21-19)16-5-7-17(25)8-6-16/h2-11,13,25H,12H2,1H3,(H,21,22). The number of aryl methyl sites for hydroxylation is 1. The number of anilines is 1. The summed E-state index contributed by atoms with van der Waals surface area (Å²) >= 11 is 0. The summed E-state index contributed by atoms with van der Waals surface area (Å²) in [4.78, 5) is 8.95. The fourth-order valence-corrected chi connectivity index (χ4v) is 2.90. The van der Waals surface area contributed by atoms with E-state index < -0.39 is 0 Å². The molecule has 124 valence electrons. The van der Waals surface area contributed by atoms with Crippen LogP contribution in [0.25, 0.3) is 16.9 Å². The van der Waals surface area contributed by atoms with E-state index in [1.165, 1.54) is 11.1 Å². The number of aromatic nitrogens is 3. The average Bonchev–Trinajstić information content (AvgIpc) is 3.05. The summed E-state index contributed by atoms with van der Waals surface area (Å²) < 4.78 is 2.00. The van der Waals surface area contributed by atoms with Crippen molar-refractivity contribution in [3.05, 3.63) is 78.2 Å². The molecule has 0 fully saturated rings. The Morgan fingerprint density at radius 2 is 1.92 bits per heavy atom. The van der Waals surface area contributed by atoms with Gasteiger partial charge in [0.1, 0.15) is 5.75 Å². The predicted molar refractivity (Wildman–Crippen MR) is 98.6 cm³/mol. The van der Waals surface area contributed by atoms with E-state index in [9.17, 15) is 5.11 Å². The van der Waals surface area contributed by atoms with Crippen LogP contribution in [0, 0.1) is 6.92 Å². The molecule has 0 bridgehead atoms. The minimum Gasteiger partial charge on any atom is -0.508 e. The predicted octanol–water partition coefficient (Wildman–Crippen LogP) is 4.02. The molecule has 25 heavy (non-hydrogen) atoms. The Labute approximate surface area is 145 Å². The van der Waals surface area contributed by atoms with Crippen LogP contribution in [0.5, 0.6) is 5.75 Å². The zero-order chi connectivity index (χ0) is 17.2. The van der Waals surface area contributed by atoms with Gasteiger partial charge in [-0.25, -0.2) is 9.97 Å². The van der Waals surface area contributed by atoms with E-state index in [0.29, 0.717) is 6.54 Å². The number of imidazole rings is 1. The van der Waals surface area contributed by atoms with Crippen molar-refractivity contribution in [1.29, 1.82) is 0 Å². The zero-order valence-electron chi connectivity index (χ0n) is 13.8. The Bertz CT molecular complexity index is 1020. The molecule has 4 aromatic rings. The van der Waals surface area contributed by atoms with E-state index in [1.807, 2.05) is 28.9 Å².